The van der Waals surface area contributed by atoms with Crippen molar-refractivity contribution in [1.82, 2.24) is 13.9 Å². The van der Waals surface area contributed by atoms with Crippen LogP contribution in [0, 0.1) is 5.82 Å². The lowest BCUT2D eigenvalue weighted by atomic mass is 9.82. The first kappa shape index (κ1) is 23.9. The summed E-state index contributed by atoms with van der Waals surface area (Å²) in [6.07, 6.45) is 2.34. The van der Waals surface area contributed by atoms with Crippen molar-refractivity contribution in [3.8, 4) is 0 Å². The van der Waals surface area contributed by atoms with Gasteiger partial charge in [-0.3, -0.25) is 4.90 Å². The topological polar surface area (TPSA) is 99.2 Å². The van der Waals surface area contributed by atoms with Crippen LogP contribution in [0.1, 0.15) is 50.5 Å². The van der Waals surface area contributed by atoms with Gasteiger partial charge in [0.05, 0.1) is 18.8 Å². The summed E-state index contributed by atoms with van der Waals surface area (Å²) in [5.74, 6) is -0.0253. The van der Waals surface area contributed by atoms with Crippen LogP contribution >= 0.6 is 0 Å². The highest BCUT2D eigenvalue weighted by molar-refractivity contribution is 7.87. The third kappa shape index (κ3) is 5.54. The van der Waals surface area contributed by atoms with Crippen LogP contribution in [0.5, 0.6) is 0 Å². The smallest absolute Gasteiger partial charge is 0.407 e. The van der Waals surface area contributed by atoms with Crippen molar-refractivity contribution in [3.05, 3.63) is 35.6 Å². The number of carboxylic acid groups (broad SMARTS) is 1. The minimum absolute atomic E-state index is 0.0549. The maximum Gasteiger partial charge on any atom is 0.407 e. The molecule has 1 aromatic rings. The fourth-order valence-electron chi connectivity index (χ4n) is 4.69. The number of ether oxygens (including phenoxy) is 1. The fourth-order valence-corrected chi connectivity index (χ4v) is 5.54. The Kier molecular flexibility index (Phi) is 7.56. The number of amides is 1. The average Bonchev–Trinajstić information content (AvgIpc) is 3.01. The molecule has 10 heteroatoms. The van der Waals surface area contributed by atoms with Gasteiger partial charge >= 0.3 is 6.09 Å². The van der Waals surface area contributed by atoms with E-state index in [1.165, 1.54) is 25.1 Å². The van der Waals surface area contributed by atoms with Gasteiger partial charge < -0.3 is 9.84 Å². The second kappa shape index (κ2) is 9.81. The Labute approximate surface area is 183 Å². The average molecular weight is 458 g/mol. The molecule has 1 amide bonds. The van der Waals surface area contributed by atoms with E-state index in [0.29, 0.717) is 6.42 Å². The van der Waals surface area contributed by atoms with Gasteiger partial charge in [0.15, 0.2) is 0 Å². The molecular weight excluding hydrogens is 425 g/mol. The van der Waals surface area contributed by atoms with Crippen molar-refractivity contribution in [2.24, 2.45) is 0 Å². The van der Waals surface area contributed by atoms with Crippen LogP contribution in [0.2, 0.25) is 0 Å². The molecule has 31 heavy (non-hydrogen) atoms. The Morgan fingerprint density at radius 3 is 2.48 bits per heavy atom. The molecule has 3 rings (SSSR count). The van der Waals surface area contributed by atoms with E-state index in [-0.39, 0.29) is 30.5 Å². The van der Waals surface area contributed by atoms with Gasteiger partial charge in [0, 0.05) is 26.2 Å². The Morgan fingerprint density at radius 1 is 1.26 bits per heavy atom. The predicted octanol–water partition coefficient (Wildman–Crippen LogP) is 2.77. The second-order valence-electron chi connectivity index (χ2n) is 8.68. The Balaban J connectivity index is 1.61. The summed E-state index contributed by atoms with van der Waals surface area (Å²) in [6, 6.07) is 5.35. The minimum Gasteiger partial charge on any atom is -0.465 e. The number of halogens is 1. The molecule has 2 N–H and O–H groups in total. The summed E-state index contributed by atoms with van der Waals surface area (Å²) in [5.41, 5.74) is 0.737. The zero-order valence-electron chi connectivity index (χ0n) is 18.2. The number of nitrogens with zero attached hydrogens (tertiary/aromatic N) is 2. The molecule has 8 nitrogen and oxygen atoms in total. The summed E-state index contributed by atoms with van der Waals surface area (Å²) in [6.45, 7) is 1.89. The Morgan fingerprint density at radius 2 is 1.90 bits per heavy atom. The van der Waals surface area contributed by atoms with Crippen molar-refractivity contribution in [2.75, 3.05) is 20.7 Å². The number of carbonyl (C=O) groups is 1. The Bertz CT molecular complexity index is 874. The van der Waals surface area contributed by atoms with Gasteiger partial charge in [-0.15, -0.1) is 0 Å². The molecule has 0 unspecified atom stereocenters. The lowest BCUT2D eigenvalue weighted by molar-refractivity contribution is -0.00720. The number of likely N-dealkylation sites (tertiary alicyclic amines) is 1. The second-order valence-corrected chi connectivity index (χ2v) is 10.6. The largest absolute Gasteiger partial charge is 0.465 e. The maximum absolute atomic E-state index is 14.1. The molecule has 174 valence electrons. The summed E-state index contributed by atoms with van der Waals surface area (Å²) < 4.78 is 48.4. The number of rotatable bonds is 7. The third-order valence-corrected chi connectivity index (χ3v) is 7.98. The molecule has 0 bridgehead atoms. The van der Waals surface area contributed by atoms with Gasteiger partial charge in [-0.1, -0.05) is 18.2 Å². The van der Waals surface area contributed by atoms with Crippen molar-refractivity contribution >= 4 is 16.3 Å². The standard InChI is InChI=1S/C21H32FN3O5S/c1-14-12-19(23-31(28,29)24(2)3)20(25(14)21(26)27)13-30-16-10-8-15(9-11-16)17-6-4-5-7-18(17)22/h4-7,14-16,19-20,23H,8-13H2,1-3H3,(H,26,27)/t14-,15?,16?,19+,20+/m1/s1. The number of nitrogens with one attached hydrogen (secondary N) is 1. The molecule has 1 saturated carbocycles. The van der Waals surface area contributed by atoms with Crippen LogP contribution in [-0.2, 0) is 14.9 Å². The van der Waals surface area contributed by atoms with Crippen molar-refractivity contribution in [1.29, 1.82) is 0 Å². The molecule has 0 aromatic heterocycles. The van der Waals surface area contributed by atoms with Gasteiger partial charge in [-0.05, 0) is 56.6 Å². The van der Waals surface area contributed by atoms with E-state index in [4.69, 9.17) is 4.74 Å². The van der Waals surface area contributed by atoms with Gasteiger partial charge in [-0.25, -0.2) is 9.18 Å². The van der Waals surface area contributed by atoms with Crippen LogP contribution in [0.25, 0.3) is 0 Å². The van der Waals surface area contributed by atoms with E-state index < -0.39 is 28.4 Å². The first-order valence-corrected chi connectivity index (χ1v) is 12.1. The molecule has 0 spiro atoms. The highest BCUT2D eigenvalue weighted by Gasteiger charge is 2.44. The summed E-state index contributed by atoms with van der Waals surface area (Å²) >= 11 is 0. The molecule has 1 aliphatic carbocycles. The molecular formula is C21H32FN3O5S. The fraction of sp³-hybridized carbons (Fsp3) is 0.667. The number of benzene rings is 1. The van der Waals surface area contributed by atoms with Crippen molar-refractivity contribution in [2.45, 2.75) is 69.2 Å². The molecule has 2 fully saturated rings. The lowest BCUT2D eigenvalue weighted by Crippen LogP contribution is -2.52. The zero-order valence-corrected chi connectivity index (χ0v) is 19.0. The van der Waals surface area contributed by atoms with Crippen molar-refractivity contribution < 1.29 is 27.4 Å². The zero-order chi connectivity index (χ0) is 22.8. The normalized spacial score (nSPS) is 29.5. The lowest BCUT2D eigenvalue weighted by Gasteiger charge is -2.33. The first-order chi connectivity index (χ1) is 14.6. The summed E-state index contributed by atoms with van der Waals surface area (Å²) in [7, 11) is -0.848. The van der Waals surface area contributed by atoms with Crippen LogP contribution in [-0.4, -0.2) is 73.8 Å². The highest BCUT2D eigenvalue weighted by atomic mass is 32.2. The minimum atomic E-state index is -3.70. The Hall–Kier alpha value is -1.75. The van der Waals surface area contributed by atoms with E-state index in [1.54, 1.807) is 13.0 Å². The van der Waals surface area contributed by atoms with Gasteiger partial charge in [-0.2, -0.15) is 17.4 Å². The van der Waals surface area contributed by atoms with Gasteiger partial charge in [0.2, 0.25) is 0 Å². The van der Waals surface area contributed by atoms with E-state index in [0.717, 1.165) is 35.6 Å². The first-order valence-electron chi connectivity index (χ1n) is 10.7. The number of hydrogen-bond donors (Lipinski definition) is 2. The quantitative estimate of drug-likeness (QED) is 0.656. The van der Waals surface area contributed by atoms with Gasteiger partial charge in [0.25, 0.3) is 10.2 Å². The molecule has 1 aromatic carbocycles. The third-order valence-electron chi connectivity index (χ3n) is 6.42. The molecule has 1 aliphatic heterocycles. The van der Waals surface area contributed by atoms with Crippen LogP contribution < -0.4 is 4.72 Å². The van der Waals surface area contributed by atoms with E-state index in [2.05, 4.69) is 4.72 Å². The maximum atomic E-state index is 14.1. The molecule has 3 atom stereocenters. The van der Waals surface area contributed by atoms with Gasteiger partial charge in [0.1, 0.15) is 5.82 Å². The van der Waals surface area contributed by atoms with E-state index in [9.17, 15) is 22.7 Å². The summed E-state index contributed by atoms with van der Waals surface area (Å²) in [4.78, 5) is 13.1. The predicted molar refractivity (Wildman–Crippen MR) is 115 cm³/mol. The van der Waals surface area contributed by atoms with Crippen molar-refractivity contribution in [3.63, 3.8) is 0 Å². The molecule has 0 radical (unpaired) electrons. The molecule has 1 saturated heterocycles. The molecule has 1 heterocycles. The number of hydrogen-bond acceptors (Lipinski definition) is 4. The van der Waals surface area contributed by atoms with Crippen LogP contribution in [0.15, 0.2) is 24.3 Å². The highest BCUT2D eigenvalue weighted by Crippen LogP contribution is 2.35. The van der Waals surface area contributed by atoms with E-state index >= 15 is 0 Å². The summed E-state index contributed by atoms with van der Waals surface area (Å²) in [5, 5.41) is 9.65. The van der Waals surface area contributed by atoms with Crippen LogP contribution in [0.3, 0.4) is 0 Å². The van der Waals surface area contributed by atoms with Crippen LogP contribution in [0.4, 0.5) is 9.18 Å². The SMILES string of the molecule is C[C@@H]1C[C@H](NS(=O)(=O)N(C)C)[C@H](COC2CCC(c3ccccc3F)CC2)N1C(=O)O. The van der Waals surface area contributed by atoms with E-state index in [1.807, 2.05) is 12.1 Å². The monoisotopic (exact) mass is 457 g/mol. The molecule has 2 aliphatic rings.